The molecule has 0 atom stereocenters. The Kier molecular flexibility index (Phi) is 15.2. The number of Topliss-reactive ketones (excluding diaryl/α,β-unsaturated/α-hetero) is 1. The molecule has 272 valence electrons. The lowest BCUT2D eigenvalue weighted by molar-refractivity contribution is -0.141. The molecule has 0 radical (unpaired) electrons. The molecule has 15 heteroatoms. The highest BCUT2D eigenvalue weighted by molar-refractivity contribution is 6.07. The van der Waals surface area contributed by atoms with Crippen LogP contribution in [0.2, 0.25) is 0 Å². The predicted molar refractivity (Wildman–Crippen MR) is 182 cm³/mol. The Balaban J connectivity index is 1.96. The average molecular weight is 709 g/mol. The maximum absolute atomic E-state index is 13.4. The molecular formula is C36H40N2O13. The van der Waals surface area contributed by atoms with Gasteiger partial charge in [0, 0.05) is 5.56 Å². The van der Waals surface area contributed by atoms with Crippen LogP contribution < -0.4 is 19.3 Å². The van der Waals surface area contributed by atoms with Crippen molar-refractivity contribution in [1.82, 2.24) is 0 Å². The van der Waals surface area contributed by atoms with Crippen LogP contribution in [0.5, 0.6) is 11.5 Å². The standard InChI is InChI=1S/C36H40N2O13/c1-24(39)26-17-29(38(21-34(42)47-4)22-35(43)48-5)31(18-27(26)36(44)51-23-25-11-7-6-8-12-25)50-16-15-49-30-14-10-9-13-28(30)37(19-32(40)45-2)20-33(41)46-3/h6-14,17-18H,15-16,19-23H2,1-5H3. The van der Waals surface area contributed by atoms with Gasteiger partial charge in [0.2, 0.25) is 0 Å². The Hall–Kier alpha value is -6.12. The van der Waals surface area contributed by atoms with Crippen LogP contribution >= 0.6 is 0 Å². The van der Waals surface area contributed by atoms with Gasteiger partial charge in [0.05, 0.1) is 45.4 Å². The van der Waals surface area contributed by atoms with Crippen molar-refractivity contribution in [2.75, 3.05) is 77.6 Å². The third-order valence-corrected chi connectivity index (χ3v) is 7.25. The highest BCUT2D eigenvalue weighted by atomic mass is 16.5. The van der Waals surface area contributed by atoms with E-state index in [1.807, 2.05) is 6.07 Å². The van der Waals surface area contributed by atoms with Crippen LogP contribution in [0.25, 0.3) is 0 Å². The molecule has 0 saturated carbocycles. The second-order valence-corrected chi connectivity index (χ2v) is 10.7. The van der Waals surface area contributed by atoms with E-state index in [1.165, 1.54) is 57.3 Å². The molecule has 0 fully saturated rings. The molecule has 0 heterocycles. The third-order valence-electron chi connectivity index (χ3n) is 7.25. The average Bonchev–Trinajstić information content (AvgIpc) is 3.14. The monoisotopic (exact) mass is 708 g/mol. The number of ketones is 1. The lowest BCUT2D eigenvalue weighted by Gasteiger charge is -2.26. The second kappa shape index (κ2) is 19.8. The van der Waals surface area contributed by atoms with Gasteiger partial charge >= 0.3 is 29.8 Å². The van der Waals surface area contributed by atoms with Gasteiger partial charge in [-0.25, -0.2) is 4.79 Å². The van der Waals surface area contributed by atoms with Crippen molar-refractivity contribution in [2.45, 2.75) is 13.5 Å². The van der Waals surface area contributed by atoms with E-state index in [-0.39, 0.29) is 55.5 Å². The summed E-state index contributed by atoms with van der Waals surface area (Å²) in [6, 6.07) is 18.2. The van der Waals surface area contributed by atoms with E-state index in [0.29, 0.717) is 11.4 Å². The highest BCUT2D eigenvalue weighted by Gasteiger charge is 2.26. The molecule has 3 rings (SSSR count). The topological polar surface area (TPSA) is 174 Å². The third kappa shape index (κ3) is 11.8. The number of carbonyl (C=O) groups is 6. The summed E-state index contributed by atoms with van der Waals surface area (Å²) in [5.74, 6) is -3.60. The summed E-state index contributed by atoms with van der Waals surface area (Å²) >= 11 is 0. The lowest BCUT2D eigenvalue weighted by atomic mass is 10.0. The summed E-state index contributed by atoms with van der Waals surface area (Å²) in [6.45, 7) is -0.472. The number of methoxy groups -OCH3 is 4. The Bertz CT molecular complexity index is 1660. The maximum atomic E-state index is 13.4. The number of anilines is 2. The van der Waals surface area contributed by atoms with Crippen molar-refractivity contribution in [1.29, 1.82) is 0 Å². The molecule has 0 saturated heterocycles. The van der Waals surface area contributed by atoms with Crippen molar-refractivity contribution in [2.24, 2.45) is 0 Å². The summed E-state index contributed by atoms with van der Waals surface area (Å²) in [4.78, 5) is 77.9. The molecule has 0 aliphatic carbocycles. The first-order chi connectivity index (χ1) is 24.5. The van der Waals surface area contributed by atoms with E-state index < -0.39 is 48.7 Å². The van der Waals surface area contributed by atoms with Crippen molar-refractivity contribution in [3.63, 3.8) is 0 Å². The fraction of sp³-hybridized carbons (Fsp3) is 0.333. The zero-order chi connectivity index (χ0) is 37.3. The molecule has 0 spiro atoms. The predicted octanol–water partition coefficient (Wildman–Crippen LogP) is 3.01. The van der Waals surface area contributed by atoms with Gasteiger partial charge in [-0.05, 0) is 36.8 Å². The van der Waals surface area contributed by atoms with Crippen LogP contribution in [0, 0.1) is 0 Å². The summed E-state index contributed by atoms with van der Waals surface area (Å²) in [6.07, 6.45) is 0. The van der Waals surface area contributed by atoms with Crippen LogP contribution in [-0.2, 0) is 49.5 Å². The van der Waals surface area contributed by atoms with Gasteiger partial charge in [-0.2, -0.15) is 0 Å². The molecule has 0 amide bonds. The van der Waals surface area contributed by atoms with Gasteiger partial charge in [0.15, 0.2) is 5.78 Å². The number of carbonyl (C=O) groups excluding carboxylic acids is 6. The first kappa shape index (κ1) is 39.3. The molecule has 15 nitrogen and oxygen atoms in total. The molecule has 0 unspecified atom stereocenters. The smallest absolute Gasteiger partial charge is 0.339 e. The normalized spacial score (nSPS) is 10.3. The van der Waals surface area contributed by atoms with Crippen molar-refractivity contribution >= 4 is 47.0 Å². The van der Waals surface area contributed by atoms with E-state index in [4.69, 9.17) is 33.2 Å². The molecule has 0 aliphatic heterocycles. The van der Waals surface area contributed by atoms with Crippen LogP contribution in [0.15, 0.2) is 66.7 Å². The van der Waals surface area contributed by atoms with E-state index in [9.17, 15) is 28.8 Å². The minimum Gasteiger partial charge on any atom is -0.488 e. The van der Waals surface area contributed by atoms with Crippen molar-refractivity contribution in [3.05, 3.63) is 83.4 Å². The fourth-order valence-electron chi connectivity index (χ4n) is 4.67. The molecule has 3 aromatic rings. The number of nitrogens with zero attached hydrogens (tertiary/aromatic N) is 2. The van der Waals surface area contributed by atoms with Crippen LogP contribution in [0.4, 0.5) is 11.4 Å². The molecule has 0 aliphatic rings. The molecule has 0 aromatic heterocycles. The van der Waals surface area contributed by atoms with Gasteiger partial charge in [0.1, 0.15) is 57.5 Å². The van der Waals surface area contributed by atoms with Crippen molar-refractivity contribution in [3.8, 4) is 11.5 Å². The molecule has 0 N–H and O–H groups in total. The van der Waals surface area contributed by atoms with Crippen LogP contribution in [0.1, 0.15) is 33.2 Å². The molecule has 51 heavy (non-hydrogen) atoms. The zero-order valence-electron chi connectivity index (χ0n) is 29.0. The minimum absolute atomic E-state index is 0.00867. The van der Waals surface area contributed by atoms with E-state index in [0.717, 1.165) is 5.56 Å². The molecular weight excluding hydrogens is 668 g/mol. The number of benzene rings is 3. The van der Waals surface area contributed by atoms with E-state index >= 15 is 0 Å². The maximum Gasteiger partial charge on any atom is 0.339 e. The number of ether oxygens (including phenoxy) is 7. The Morgan fingerprint density at radius 3 is 1.53 bits per heavy atom. The zero-order valence-corrected chi connectivity index (χ0v) is 29.0. The van der Waals surface area contributed by atoms with Gasteiger partial charge in [-0.3, -0.25) is 24.0 Å². The first-order valence-corrected chi connectivity index (χ1v) is 15.5. The van der Waals surface area contributed by atoms with Crippen molar-refractivity contribution < 1.29 is 61.9 Å². The van der Waals surface area contributed by atoms with E-state index in [1.54, 1.807) is 48.5 Å². The van der Waals surface area contributed by atoms with Gasteiger partial charge in [-0.1, -0.05) is 42.5 Å². The SMILES string of the molecule is COC(=O)CN(CC(=O)OC)c1ccccc1OCCOc1cc(C(=O)OCc2ccccc2)c(C(C)=O)cc1N(CC(=O)OC)CC(=O)OC. The number of hydrogen-bond donors (Lipinski definition) is 0. The van der Waals surface area contributed by atoms with Crippen LogP contribution in [0.3, 0.4) is 0 Å². The Morgan fingerprint density at radius 1 is 0.549 bits per heavy atom. The minimum atomic E-state index is -0.811. The number of esters is 5. The molecule has 0 bridgehead atoms. The van der Waals surface area contributed by atoms with E-state index in [2.05, 4.69) is 0 Å². The Morgan fingerprint density at radius 2 is 1.02 bits per heavy atom. The lowest BCUT2D eigenvalue weighted by Crippen LogP contribution is -2.36. The van der Waals surface area contributed by atoms with Gasteiger partial charge in [0.25, 0.3) is 0 Å². The second-order valence-electron chi connectivity index (χ2n) is 10.7. The summed E-state index contributed by atoms with van der Waals surface area (Å²) in [5, 5.41) is 0. The number of para-hydroxylation sites is 2. The quantitative estimate of drug-likeness (QED) is 0.0769. The Labute approximate surface area is 294 Å². The van der Waals surface area contributed by atoms with Gasteiger partial charge < -0.3 is 43.0 Å². The summed E-state index contributed by atoms with van der Waals surface area (Å²) in [7, 11) is 4.80. The van der Waals surface area contributed by atoms with Crippen LogP contribution in [-0.4, -0.2) is 103 Å². The number of hydrogen-bond acceptors (Lipinski definition) is 15. The largest absolute Gasteiger partial charge is 0.488 e. The summed E-state index contributed by atoms with van der Waals surface area (Å²) in [5.41, 5.74) is 1.07. The first-order valence-electron chi connectivity index (χ1n) is 15.5. The van der Waals surface area contributed by atoms with Gasteiger partial charge in [-0.15, -0.1) is 0 Å². The fourth-order valence-corrected chi connectivity index (χ4v) is 4.67. The molecule has 3 aromatic carbocycles. The summed E-state index contributed by atoms with van der Waals surface area (Å²) < 4.78 is 36.7. The highest BCUT2D eigenvalue weighted by Crippen LogP contribution is 2.34. The number of rotatable bonds is 19.